The molecule has 0 bridgehead atoms. The van der Waals surface area contributed by atoms with Crippen LogP contribution in [0.2, 0.25) is 0 Å². The standard InChI is InChI=1S/C10H18O4.C8H6O4.C6H10O4/c11-9(12)7-5-3-1-2-4-6-8-10(13)14;9-7(10)5-1-2-6(4-3-5)8(11)12;7-5(8)3-1-2-4-6(9)10/h1-8H2,(H,11,12)(H,13,14);1-4H,(H,9,10)(H,11,12);1-4H2,(H,7,8)(H,9,10). The van der Waals surface area contributed by atoms with Gasteiger partial charge in [0.1, 0.15) is 0 Å². The summed E-state index contributed by atoms with van der Waals surface area (Å²) in [6.45, 7) is 0. The molecule has 0 aliphatic carbocycles. The summed E-state index contributed by atoms with van der Waals surface area (Å²) in [5.41, 5.74) is 0.167. The van der Waals surface area contributed by atoms with E-state index >= 15 is 0 Å². The summed E-state index contributed by atoms with van der Waals surface area (Å²) in [5.74, 6) is -5.35. The van der Waals surface area contributed by atoms with Gasteiger partial charge in [0.2, 0.25) is 0 Å². The van der Waals surface area contributed by atoms with Gasteiger partial charge in [-0.3, -0.25) is 19.2 Å². The maximum atomic E-state index is 10.3. The molecule has 12 heteroatoms. The molecule has 0 atom stereocenters. The number of benzene rings is 1. The van der Waals surface area contributed by atoms with Crippen molar-refractivity contribution >= 4 is 35.8 Å². The molecule has 0 heterocycles. The van der Waals surface area contributed by atoms with Crippen molar-refractivity contribution in [3.8, 4) is 0 Å². The second-order valence-electron chi connectivity index (χ2n) is 7.59. The quantitative estimate of drug-likeness (QED) is 0.172. The average molecular weight is 515 g/mol. The third-order valence-electron chi connectivity index (χ3n) is 4.44. The minimum Gasteiger partial charge on any atom is -0.481 e. The van der Waals surface area contributed by atoms with E-state index in [1.165, 1.54) is 24.3 Å². The van der Waals surface area contributed by atoms with Crippen LogP contribution in [0, 0.1) is 0 Å². The lowest BCUT2D eigenvalue weighted by atomic mass is 10.1. The van der Waals surface area contributed by atoms with E-state index in [0.29, 0.717) is 12.8 Å². The Bertz CT molecular complexity index is 761. The maximum absolute atomic E-state index is 10.3. The Labute approximate surface area is 208 Å². The molecular weight excluding hydrogens is 480 g/mol. The van der Waals surface area contributed by atoms with Gasteiger partial charge >= 0.3 is 35.8 Å². The minimum absolute atomic E-state index is 0.0628. The van der Waals surface area contributed by atoms with E-state index < -0.39 is 35.8 Å². The Kier molecular flexibility index (Phi) is 20.5. The van der Waals surface area contributed by atoms with Gasteiger partial charge in [-0.05, 0) is 49.9 Å². The SMILES string of the molecule is O=C(O)CCCCC(=O)O.O=C(O)CCCCCCCCC(=O)O.O=C(O)c1ccc(C(=O)O)cc1. The number of hydrogen-bond acceptors (Lipinski definition) is 6. The Hall–Kier alpha value is -3.96. The first-order valence-corrected chi connectivity index (χ1v) is 11.3. The highest BCUT2D eigenvalue weighted by Gasteiger charge is 2.05. The van der Waals surface area contributed by atoms with E-state index in [-0.39, 0.29) is 36.8 Å². The molecule has 0 spiro atoms. The molecule has 12 nitrogen and oxygen atoms in total. The van der Waals surface area contributed by atoms with E-state index in [1.807, 2.05) is 0 Å². The van der Waals surface area contributed by atoms with Crippen LogP contribution in [0.5, 0.6) is 0 Å². The lowest BCUT2D eigenvalue weighted by molar-refractivity contribution is -0.139. The van der Waals surface area contributed by atoms with E-state index in [9.17, 15) is 28.8 Å². The summed E-state index contributed by atoms with van der Waals surface area (Å²) in [6, 6.07) is 5.02. The van der Waals surface area contributed by atoms with Crippen LogP contribution in [-0.4, -0.2) is 66.5 Å². The molecule has 1 rings (SSSR count). The molecule has 0 fully saturated rings. The molecule has 0 aliphatic rings. The highest BCUT2D eigenvalue weighted by Crippen LogP contribution is 2.08. The Morgan fingerprint density at radius 1 is 0.389 bits per heavy atom. The highest BCUT2D eigenvalue weighted by molar-refractivity contribution is 5.91. The normalized spacial score (nSPS) is 9.56. The van der Waals surface area contributed by atoms with Crippen molar-refractivity contribution in [3.63, 3.8) is 0 Å². The summed E-state index contributed by atoms with van der Waals surface area (Å²) < 4.78 is 0. The van der Waals surface area contributed by atoms with Gasteiger partial charge < -0.3 is 30.6 Å². The zero-order valence-electron chi connectivity index (χ0n) is 19.9. The van der Waals surface area contributed by atoms with E-state index in [0.717, 1.165) is 38.5 Å². The number of carboxylic acid groups (broad SMARTS) is 6. The fourth-order valence-electron chi connectivity index (χ4n) is 2.57. The highest BCUT2D eigenvalue weighted by atomic mass is 16.4. The fraction of sp³-hybridized carbons (Fsp3) is 0.500. The van der Waals surface area contributed by atoms with Crippen molar-refractivity contribution in [2.75, 3.05) is 0 Å². The smallest absolute Gasteiger partial charge is 0.335 e. The molecule has 0 saturated carbocycles. The molecular formula is C24H34O12. The lowest BCUT2D eigenvalue weighted by Crippen LogP contribution is -1.99. The van der Waals surface area contributed by atoms with Gasteiger partial charge in [-0.2, -0.15) is 0 Å². The summed E-state index contributed by atoms with van der Waals surface area (Å²) in [5, 5.41) is 49.9. The molecule has 0 aliphatic heterocycles. The van der Waals surface area contributed by atoms with Crippen LogP contribution in [0.15, 0.2) is 24.3 Å². The molecule has 1 aromatic carbocycles. The van der Waals surface area contributed by atoms with Crippen LogP contribution in [0.3, 0.4) is 0 Å². The van der Waals surface area contributed by atoms with Gasteiger partial charge in [0.05, 0.1) is 11.1 Å². The van der Waals surface area contributed by atoms with Crippen LogP contribution in [0.1, 0.15) is 97.8 Å². The Morgan fingerprint density at radius 2 is 0.583 bits per heavy atom. The first-order chi connectivity index (χ1) is 16.9. The monoisotopic (exact) mass is 514 g/mol. The predicted octanol–water partition coefficient (Wildman–Crippen LogP) is 4.08. The van der Waals surface area contributed by atoms with E-state index in [4.69, 9.17) is 30.6 Å². The third-order valence-corrected chi connectivity index (χ3v) is 4.44. The number of unbranched alkanes of at least 4 members (excludes halogenated alkanes) is 6. The number of aliphatic carboxylic acids is 4. The summed E-state index contributed by atoms with van der Waals surface area (Å²) >= 11 is 0. The average Bonchev–Trinajstić information content (AvgIpc) is 2.79. The number of carbonyl (C=O) groups is 6. The molecule has 0 unspecified atom stereocenters. The predicted molar refractivity (Wildman–Crippen MR) is 126 cm³/mol. The number of carboxylic acids is 6. The second-order valence-corrected chi connectivity index (χ2v) is 7.59. The second kappa shape index (κ2) is 21.6. The van der Waals surface area contributed by atoms with Crippen LogP contribution in [0.4, 0.5) is 0 Å². The first kappa shape index (κ1) is 34.2. The van der Waals surface area contributed by atoms with Gasteiger partial charge in [-0.15, -0.1) is 0 Å². The van der Waals surface area contributed by atoms with Gasteiger partial charge in [-0.1, -0.05) is 25.7 Å². The van der Waals surface area contributed by atoms with Crippen LogP contribution in [-0.2, 0) is 19.2 Å². The van der Waals surface area contributed by atoms with Gasteiger partial charge in [0, 0.05) is 25.7 Å². The molecule has 0 radical (unpaired) electrons. The summed E-state index contributed by atoms with van der Waals surface area (Å²) in [7, 11) is 0. The number of rotatable bonds is 16. The molecule has 0 saturated heterocycles. The third kappa shape index (κ3) is 24.7. The topological polar surface area (TPSA) is 224 Å². The fourth-order valence-corrected chi connectivity index (χ4v) is 2.57. The number of hydrogen-bond donors (Lipinski definition) is 6. The molecule has 0 amide bonds. The molecule has 202 valence electrons. The van der Waals surface area contributed by atoms with Crippen LogP contribution >= 0.6 is 0 Å². The van der Waals surface area contributed by atoms with Gasteiger partial charge in [-0.25, -0.2) is 9.59 Å². The zero-order chi connectivity index (χ0) is 27.9. The van der Waals surface area contributed by atoms with Gasteiger partial charge in [0.25, 0.3) is 0 Å². The molecule has 6 N–H and O–H groups in total. The van der Waals surface area contributed by atoms with Crippen molar-refractivity contribution < 1.29 is 59.4 Å². The zero-order valence-corrected chi connectivity index (χ0v) is 19.9. The maximum Gasteiger partial charge on any atom is 0.335 e. The first-order valence-electron chi connectivity index (χ1n) is 11.3. The van der Waals surface area contributed by atoms with E-state index in [1.54, 1.807) is 0 Å². The van der Waals surface area contributed by atoms with Crippen molar-refractivity contribution in [3.05, 3.63) is 35.4 Å². The van der Waals surface area contributed by atoms with Crippen molar-refractivity contribution in [1.82, 2.24) is 0 Å². The largest absolute Gasteiger partial charge is 0.481 e. The molecule has 36 heavy (non-hydrogen) atoms. The number of aromatic carboxylic acids is 2. The van der Waals surface area contributed by atoms with Gasteiger partial charge in [0.15, 0.2) is 0 Å². The van der Waals surface area contributed by atoms with Crippen molar-refractivity contribution in [2.24, 2.45) is 0 Å². The minimum atomic E-state index is -1.06. The summed E-state index contributed by atoms with van der Waals surface area (Å²) in [6.07, 6.45) is 6.84. The van der Waals surface area contributed by atoms with Crippen LogP contribution < -0.4 is 0 Å². The molecule has 1 aromatic rings. The van der Waals surface area contributed by atoms with Crippen molar-refractivity contribution in [1.29, 1.82) is 0 Å². The van der Waals surface area contributed by atoms with Crippen LogP contribution in [0.25, 0.3) is 0 Å². The molecule has 0 aromatic heterocycles. The lowest BCUT2D eigenvalue weighted by Gasteiger charge is -1.98. The summed E-state index contributed by atoms with van der Waals surface area (Å²) in [4.78, 5) is 60.8. The van der Waals surface area contributed by atoms with E-state index in [2.05, 4.69) is 0 Å². The van der Waals surface area contributed by atoms with Crippen molar-refractivity contribution in [2.45, 2.75) is 77.0 Å². The Morgan fingerprint density at radius 3 is 0.778 bits per heavy atom. The Balaban J connectivity index is 0.